The molecule has 4 nitrogen and oxygen atoms in total. The Kier molecular flexibility index (Phi) is 3.32. The summed E-state index contributed by atoms with van der Waals surface area (Å²) in [4.78, 5) is 2.18. The summed E-state index contributed by atoms with van der Waals surface area (Å²) in [5.74, 6) is 0. The summed E-state index contributed by atoms with van der Waals surface area (Å²) in [5.41, 5.74) is 0. The van der Waals surface area contributed by atoms with Gasteiger partial charge in [0, 0.05) is 25.7 Å². The zero-order valence-corrected chi connectivity index (χ0v) is 9.34. The molecule has 1 fully saturated rings. The van der Waals surface area contributed by atoms with Crippen LogP contribution in [-0.4, -0.2) is 56.6 Å². The van der Waals surface area contributed by atoms with Gasteiger partial charge >= 0.3 is 0 Å². The molecule has 0 amide bonds. The zero-order valence-electron chi connectivity index (χ0n) is 8.52. The second-order valence-electron chi connectivity index (χ2n) is 3.70. The van der Waals surface area contributed by atoms with Crippen LogP contribution in [0.4, 0.5) is 0 Å². The maximum absolute atomic E-state index is 11.4. The molecule has 13 heavy (non-hydrogen) atoms. The van der Waals surface area contributed by atoms with Gasteiger partial charge in [-0.15, -0.1) is 0 Å². The highest BCUT2D eigenvalue weighted by atomic mass is 32.2. The Morgan fingerprint density at radius 3 is 2.46 bits per heavy atom. The molecule has 0 aliphatic carbocycles. The molecular weight excluding hydrogens is 188 g/mol. The van der Waals surface area contributed by atoms with E-state index in [1.54, 1.807) is 4.31 Å². The minimum atomic E-state index is -3.00. The first kappa shape index (κ1) is 10.9. The van der Waals surface area contributed by atoms with Crippen molar-refractivity contribution in [2.75, 3.05) is 32.9 Å². The molecule has 0 radical (unpaired) electrons. The third kappa shape index (κ3) is 2.65. The van der Waals surface area contributed by atoms with Gasteiger partial charge in [-0.25, -0.2) is 8.42 Å². The first-order chi connectivity index (χ1) is 5.95. The van der Waals surface area contributed by atoms with Crippen molar-refractivity contribution < 1.29 is 8.42 Å². The van der Waals surface area contributed by atoms with Crippen LogP contribution in [0.2, 0.25) is 0 Å². The molecule has 0 spiro atoms. The molecule has 0 N–H and O–H groups in total. The summed E-state index contributed by atoms with van der Waals surface area (Å²) in [6.45, 7) is 4.35. The van der Waals surface area contributed by atoms with Crippen molar-refractivity contribution in [3.8, 4) is 0 Å². The predicted octanol–water partition coefficient (Wildman–Crippen LogP) is -0.0280. The zero-order chi connectivity index (χ0) is 10.1. The lowest BCUT2D eigenvalue weighted by Crippen LogP contribution is -2.53. The Bertz CT molecular complexity index is 263. The van der Waals surface area contributed by atoms with Gasteiger partial charge in [0.15, 0.2) is 0 Å². The molecule has 0 saturated carbocycles. The minimum absolute atomic E-state index is 0.161. The van der Waals surface area contributed by atoms with E-state index in [1.165, 1.54) is 6.26 Å². The molecule has 78 valence electrons. The third-order valence-corrected chi connectivity index (χ3v) is 3.86. The van der Waals surface area contributed by atoms with Gasteiger partial charge in [-0.3, -0.25) is 0 Å². The van der Waals surface area contributed by atoms with E-state index in [-0.39, 0.29) is 6.04 Å². The van der Waals surface area contributed by atoms with Crippen molar-refractivity contribution in [2.45, 2.75) is 19.4 Å². The third-order valence-electron chi connectivity index (χ3n) is 2.53. The SMILES string of the molecule is CCC1CN(C)CCN1S(C)(=O)=O. The van der Waals surface area contributed by atoms with Crippen molar-refractivity contribution in [1.82, 2.24) is 9.21 Å². The van der Waals surface area contributed by atoms with Crippen LogP contribution in [0.5, 0.6) is 0 Å². The standard InChI is InChI=1S/C8H18N2O2S/c1-4-8-7-9(2)5-6-10(8)13(3,11)12/h8H,4-7H2,1-3H3. The largest absolute Gasteiger partial charge is 0.303 e. The molecule has 0 aromatic carbocycles. The summed E-state index contributed by atoms with van der Waals surface area (Å²) >= 11 is 0. The number of sulfonamides is 1. The van der Waals surface area contributed by atoms with E-state index in [0.717, 1.165) is 19.5 Å². The molecule has 1 aliphatic rings. The van der Waals surface area contributed by atoms with Crippen LogP contribution < -0.4 is 0 Å². The van der Waals surface area contributed by atoms with E-state index < -0.39 is 10.0 Å². The highest BCUT2D eigenvalue weighted by Crippen LogP contribution is 2.14. The fourth-order valence-electron chi connectivity index (χ4n) is 1.76. The summed E-state index contributed by atoms with van der Waals surface area (Å²) in [5, 5.41) is 0. The number of likely N-dealkylation sites (N-methyl/N-ethyl adjacent to an activating group) is 1. The molecule has 0 aromatic rings. The lowest BCUT2D eigenvalue weighted by Gasteiger charge is -2.37. The molecule has 1 saturated heterocycles. The fraction of sp³-hybridized carbons (Fsp3) is 1.00. The number of rotatable bonds is 2. The van der Waals surface area contributed by atoms with Crippen molar-refractivity contribution in [3.05, 3.63) is 0 Å². The fourth-order valence-corrected chi connectivity index (χ4v) is 2.93. The van der Waals surface area contributed by atoms with Crippen LogP contribution in [0.15, 0.2) is 0 Å². The molecule has 1 aliphatic heterocycles. The Hall–Kier alpha value is -0.130. The lowest BCUT2D eigenvalue weighted by atomic mass is 10.2. The summed E-state index contributed by atoms with van der Waals surface area (Å²) in [7, 11) is -0.974. The van der Waals surface area contributed by atoms with E-state index >= 15 is 0 Å². The van der Waals surface area contributed by atoms with Crippen LogP contribution in [0, 0.1) is 0 Å². The van der Waals surface area contributed by atoms with Crippen molar-refractivity contribution in [1.29, 1.82) is 0 Å². The Morgan fingerprint density at radius 1 is 1.38 bits per heavy atom. The summed E-state index contributed by atoms with van der Waals surface area (Å²) < 4.78 is 24.4. The van der Waals surface area contributed by atoms with Crippen LogP contribution in [0.1, 0.15) is 13.3 Å². The first-order valence-electron chi connectivity index (χ1n) is 4.60. The number of piperazine rings is 1. The predicted molar refractivity (Wildman–Crippen MR) is 53.1 cm³/mol. The van der Waals surface area contributed by atoms with E-state index in [2.05, 4.69) is 4.90 Å². The van der Waals surface area contributed by atoms with Gasteiger partial charge in [0.25, 0.3) is 0 Å². The van der Waals surface area contributed by atoms with Gasteiger partial charge in [-0.1, -0.05) is 6.92 Å². The van der Waals surface area contributed by atoms with Crippen LogP contribution in [0.3, 0.4) is 0 Å². The number of hydrogen-bond acceptors (Lipinski definition) is 3. The monoisotopic (exact) mass is 206 g/mol. The lowest BCUT2D eigenvalue weighted by molar-refractivity contribution is 0.157. The Morgan fingerprint density at radius 2 is 2.00 bits per heavy atom. The van der Waals surface area contributed by atoms with Gasteiger partial charge in [-0.2, -0.15) is 4.31 Å². The molecule has 0 bridgehead atoms. The molecule has 1 rings (SSSR count). The van der Waals surface area contributed by atoms with Gasteiger partial charge in [0.2, 0.25) is 10.0 Å². The molecular formula is C8H18N2O2S. The van der Waals surface area contributed by atoms with E-state index in [9.17, 15) is 8.42 Å². The summed E-state index contributed by atoms with van der Waals surface area (Å²) in [6.07, 6.45) is 2.18. The molecule has 1 heterocycles. The molecule has 1 unspecified atom stereocenters. The second kappa shape index (κ2) is 3.94. The maximum atomic E-state index is 11.4. The number of nitrogens with zero attached hydrogens (tertiary/aromatic N) is 2. The molecule has 0 aromatic heterocycles. The van der Waals surface area contributed by atoms with Crippen molar-refractivity contribution in [2.24, 2.45) is 0 Å². The minimum Gasteiger partial charge on any atom is -0.303 e. The van der Waals surface area contributed by atoms with Gasteiger partial charge < -0.3 is 4.90 Å². The smallest absolute Gasteiger partial charge is 0.211 e. The quantitative estimate of drug-likeness (QED) is 0.637. The van der Waals surface area contributed by atoms with Crippen LogP contribution in [-0.2, 0) is 10.0 Å². The van der Waals surface area contributed by atoms with E-state index in [1.807, 2.05) is 14.0 Å². The average Bonchev–Trinajstić information content (AvgIpc) is 2.01. The van der Waals surface area contributed by atoms with Crippen LogP contribution >= 0.6 is 0 Å². The number of hydrogen-bond donors (Lipinski definition) is 0. The molecule has 1 atom stereocenters. The molecule has 5 heteroatoms. The normalized spacial score (nSPS) is 27.8. The highest BCUT2D eigenvalue weighted by molar-refractivity contribution is 7.88. The van der Waals surface area contributed by atoms with Crippen molar-refractivity contribution in [3.63, 3.8) is 0 Å². The van der Waals surface area contributed by atoms with Crippen LogP contribution in [0.25, 0.3) is 0 Å². The Balaban J connectivity index is 2.74. The van der Waals surface area contributed by atoms with Gasteiger partial charge in [0.1, 0.15) is 0 Å². The van der Waals surface area contributed by atoms with Crippen molar-refractivity contribution >= 4 is 10.0 Å². The van der Waals surface area contributed by atoms with E-state index in [4.69, 9.17) is 0 Å². The highest BCUT2D eigenvalue weighted by Gasteiger charge is 2.29. The Labute approximate surface area is 80.6 Å². The average molecular weight is 206 g/mol. The first-order valence-corrected chi connectivity index (χ1v) is 6.45. The second-order valence-corrected chi connectivity index (χ2v) is 5.63. The van der Waals surface area contributed by atoms with E-state index in [0.29, 0.717) is 6.54 Å². The van der Waals surface area contributed by atoms with Gasteiger partial charge in [-0.05, 0) is 13.5 Å². The van der Waals surface area contributed by atoms with Gasteiger partial charge in [0.05, 0.1) is 6.26 Å². The summed E-state index contributed by atoms with van der Waals surface area (Å²) in [6, 6.07) is 0.161. The maximum Gasteiger partial charge on any atom is 0.211 e. The topological polar surface area (TPSA) is 40.6 Å².